The Labute approximate surface area is 214 Å². The molecule has 0 aromatic heterocycles. The molecule has 1 aliphatic rings. The van der Waals surface area contributed by atoms with Gasteiger partial charge in [-0.15, -0.1) is 0 Å². The number of benzene rings is 2. The molecule has 204 valence electrons. The molecule has 1 N–H and O–H groups in total. The second-order valence-corrected chi connectivity index (χ2v) is 10.4. The number of carbonyl (C=O) groups is 1. The molecule has 0 radical (unpaired) electrons. The summed E-state index contributed by atoms with van der Waals surface area (Å²) in [4.78, 5) is 12.4. The first kappa shape index (κ1) is 28.6. The van der Waals surface area contributed by atoms with Crippen LogP contribution in [0.15, 0.2) is 47.4 Å². The van der Waals surface area contributed by atoms with Crippen LogP contribution in [0.5, 0.6) is 11.5 Å². The third-order valence-electron chi connectivity index (χ3n) is 5.99. The maximum atomic E-state index is 13.6. The van der Waals surface area contributed by atoms with E-state index in [1.165, 1.54) is 38.5 Å². The highest BCUT2D eigenvalue weighted by atomic mass is 32.2. The average molecular weight is 545 g/mol. The Bertz CT molecular complexity index is 1170. The first-order valence-electron chi connectivity index (χ1n) is 11.9. The Morgan fingerprint density at radius 2 is 1.76 bits per heavy atom. The number of amides is 1. The highest BCUT2D eigenvalue weighted by Crippen LogP contribution is 2.35. The van der Waals surface area contributed by atoms with E-state index in [2.05, 4.69) is 5.32 Å². The van der Waals surface area contributed by atoms with E-state index < -0.39 is 34.2 Å². The van der Waals surface area contributed by atoms with Crippen molar-refractivity contribution in [2.45, 2.75) is 49.3 Å². The molecule has 8 nitrogen and oxygen atoms in total. The summed E-state index contributed by atoms with van der Waals surface area (Å²) in [6.07, 6.45) is 0.380. The highest BCUT2D eigenvalue weighted by Gasteiger charge is 2.33. The number of rotatable bonds is 12. The lowest BCUT2D eigenvalue weighted by Gasteiger charge is -2.25. The van der Waals surface area contributed by atoms with Crippen molar-refractivity contribution in [2.75, 3.05) is 38.2 Å². The zero-order chi connectivity index (χ0) is 27.1. The van der Waals surface area contributed by atoms with Crippen LogP contribution in [0.2, 0.25) is 0 Å². The number of nitrogens with zero attached hydrogens (tertiary/aromatic N) is 1. The van der Waals surface area contributed by atoms with Gasteiger partial charge in [-0.2, -0.15) is 13.2 Å². The number of alkyl halides is 3. The van der Waals surface area contributed by atoms with Crippen molar-refractivity contribution in [3.63, 3.8) is 0 Å². The van der Waals surface area contributed by atoms with E-state index in [9.17, 15) is 26.4 Å². The van der Waals surface area contributed by atoms with Crippen molar-refractivity contribution < 1.29 is 40.6 Å². The lowest BCUT2D eigenvalue weighted by molar-refractivity contribution is -0.137. The molecule has 0 atom stereocenters. The van der Waals surface area contributed by atoms with Gasteiger partial charge in [0.05, 0.1) is 36.5 Å². The van der Waals surface area contributed by atoms with Gasteiger partial charge in [-0.1, -0.05) is 18.9 Å². The van der Waals surface area contributed by atoms with E-state index >= 15 is 0 Å². The Balaban J connectivity index is 1.81. The first-order valence-corrected chi connectivity index (χ1v) is 13.3. The number of methoxy groups -OCH3 is 2. The molecule has 0 spiro atoms. The van der Waals surface area contributed by atoms with Gasteiger partial charge < -0.3 is 19.5 Å². The number of nitrogens with one attached hydrogen (secondary N) is 1. The number of ether oxygens (including phenoxy) is 3. The smallest absolute Gasteiger partial charge is 0.416 e. The minimum atomic E-state index is -4.70. The quantitative estimate of drug-likeness (QED) is 0.399. The summed E-state index contributed by atoms with van der Waals surface area (Å²) in [5.74, 6) is -0.286. The van der Waals surface area contributed by atoms with Gasteiger partial charge in [0.2, 0.25) is 5.91 Å². The van der Waals surface area contributed by atoms with Crippen LogP contribution in [-0.4, -0.2) is 54.3 Å². The summed E-state index contributed by atoms with van der Waals surface area (Å²) in [6, 6.07) is 7.60. The van der Waals surface area contributed by atoms with E-state index in [0.717, 1.165) is 37.8 Å². The van der Waals surface area contributed by atoms with Crippen LogP contribution in [0.4, 0.5) is 18.9 Å². The molecular weight excluding hydrogens is 513 g/mol. The summed E-state index contributed by atoms with van der Waals surface area (Å²) in [5, 5.41) is 2.63. The van der Waals surface area contributed by atoms with Crippen LogP contribution in [0.25, 0.3) is 0 Å². The van der Waals surface area contributed by atoms with Gasteiger partial charge in [-0.25, -0.2) is 8.42 Å². The fourth-order valence-electron chi connectivity index (χ4n) is 4.05. The highest BCUT2D eigenvalue weighted by molar-refractivity contribution is 7.92. The average Bonchev–Trinajstić information content (AvgIpc) is 3.39. The SMILES string of the molecule is COc1ccc(S(=O)(=O)N(CC(=O)NCCCOC2CCCC2)c2cccc(C(F)(F)F)c2)cc1OC. The van der Waals surface area contributed by atoms with Gasteiger partial charge in [0, 0.05) is 19.2 Å². The molecule has 2 aromatic rings. The fraction of sp³-hybridized carbons (Fsp3) is 0.480. The van der Waals surface area contributed by atoms with Crippen LogP contribution < -0.4 is 19.1 Å². The maximum absolute atomic E-state index is 13.6. The minimum Gasteiger partial charge on any atom is -0.493 e. The van der Waals surface area contributed by atoms with Crippen LogP contribution >= 0.6 is 0 Å². The number of carbonyl (C=O) groups excluding carboxylic acids is 1. The summed E-state index contributed by atoms with van der Waals surface area (Å²) < 4.78 is 83.9. The molecule has 0 aliphatic heterocycles. The molecular formula is C25H31F3N2O6S. The molecule has 0 saturated heterocycles. The topological polar surface area (TPSA) is 94.2 Å². The zero-order valence-electron chi connectivity index (χ0n) is 20.7. The molecule has 1 fully saturated rings. The molecule has 12 heteroatoms. The molecule has 1 amide bonds. The number of sulfonamides is 1. The van der Waals surface area contributed by atoms with Crippen LogP contribution in [-0.2, 0) is 25.7 Å². The Morgan fingerprint density at radius 3 is 2.41 bits per heavy atom. The zero-order valence-corrected chi connectivity index (χ0v) is 21.5. The monoisotopic (exact) mass is 544 g/mol. The predicted octanol–water partition coefficient (Wildman–Crippen LogP) is 4.38. The van der Waals surface area contributed by atoms with Crippen molar-refractivity contribution in [2.24, 2.45) is 0 Å². The van der Waals surface area contributed by atoms with Crippen molar-refractivity contribution >= 4 is 21.6 Å². The van der Waals surface area contributed by atoms with Gasteiger partial charge in [0.1, 0.15) is 6.54 Å². The molecule has 3 rings (SSSR count). The Kier molecular flexibility index (Phi) is 9.66. The van der Waals surface area contributed by atoms with Gasteiger partial charge in [0.25, 0.3) is 10.0 Å². The van der Waals surface area contributed by atoms with Crippen LogP contribution in [0.1, 0.15) is 37.7 Å². The van der Waals surface area contributed by atoms with Crippen molar-refractivity contribution in [3.05, 3.63) is 48.0 Å². The normalized spacial score (nSPS) is 14.4. The van der Waals surface area contributed by atoms with E-state index in [1.54, 1.807) is 0 Å². The predicted molar refractivity (Wildman–Crippen MR) is 131 cm³/mol. The third kappa shape index (κ3) is 7.51. The summed E-state index contributed by atoms with van der Waals surface area (Å²) in [5.41, 5.74) is -1.34. The number of anilines is 1. The van der Waals surface area contributed by atoms with Crippen molar-refractivity contribution in [1.82, 2.24) is 5.32 Å². The lowest BCUT2D eigenvalue weighted by Crippen LogP contribution is -2.41. The summed E-state index contributed by atoms with van der Waals surface area (Å²) in [6.45, 7) is -0.0356. The van der Waals surface area contributed by atoms with Gasteiger partial charge in [-0.3, -0.25) is 9.10 Å². The standard InChI is InChI=1S/C25H31F3N2O6S/c1-34-22-12-11-21(16-23(22)35-2)37(32,33)30(19-8-5-7-18(15-19)25(26,27)28)17-24(31)29-13-6-14-36-20-9-3-4-10-20/h5,7-8,11-12,15-16,20H,3-4,6,9-10,13-14,17H2,1-2H3,(H,29,31). The molecule has 0 bridgehead atoms. The molecule has 1 saturated carbocycles. The van der Waals surface area contributed by atoms with Gasteiger partial charge >= 0.3 is 6.18 Å². The summed E-state index contributed by atoms with van der Waals surface area (Å²) >= 11 is 0. The number of halogens is 3. The second kappa shape index (κ2) is 12.5. The first-order chi connectivity index (χ1) is 17.6. The lowest BCUT2D eigenvalue weighted by atomic mass is 10.2. The Hall–Kier alpha value is -2.99. The molecule has 0 heterocycles. The van der Waals surface area contributed by atoms with E-state index in [-0.39, 0.29) is 34.7 Å². The Morgan fingerprint density at radius 1 is 1.05 bits per heavy atom. The van der Waals surface area contributed by atoms with E-state index in [1.807, 2.05) is 0 Å². The van der Waals surface area contributed by atoms with Gasteiger partial charge in [-0.05, 0) is 49.6 Å². The second-order valence-electron chi connectivity index (χ2n) is 8.56. The largest absolute Gasteiger partial charge is 0.493 e. The molecule has 37 heavy (non-hydrogen) atoms. The van der Waals surface area contributed by atoms with Crippen LogP contribution in [0, 0.1) is 0 Å². The number of hydrogen-bond acceptors (Lipinski definition) is 6. The maximum Gasteiger partial charge on any atom is 0.416 e. The van der Waals surface area contributed by atoms with Crippen molar-refractivity contribution in [3.8, 4) is 11.5 Å². The van der Waals surface area contributed by atoms with E-state index in [4.69, 9.17) is 14.2 Å². The van der Waals surface area contributed by atoms with E-state index in [0.29, 0.717) is 23.4 Å². The summed E-state index contributed by atoms with van der Waals surface area (Å²) in [7, 11) is -1.77. The molecule has 2 aromatic carbocycles. The van der Waals surface area contributed by atoms with Crippen LogP contribution in [0.3, 0.4) is 0 Å². The van der Waals surface area contributed by atoms with Crippen molar-refractivity contribution in [1.29, 1.82) is 0 Å². The molecule has 1 aliphatic carbocycles. The third-order valence-corrected chi connectivity index (χ3v) is 7.76. The molecule has 0 unspecified atom stereocenters. The fourth-order valence-corrected chi connectivity index (χ4v) is 5.48. The van der Waals surface area contributed by atoms with Gasteiger partial charge in [0.15, 0.2) is 11.5 Å². The number of hydrogen-bond donors (Lipinski definition) is 1. The minimum absolute atomic E-state index is 0.110.